The van der Waals surface area contributed by atoms with Crippen LogP contribution in [0.5, 0.6) is 11.5 Å². The Labute approximate surface area is 96.0 Å². The van der Waals surface area contributed by atoms with Gasteiger partial charge in [0.05, 0.1) is 7.11 Å². The van der Waals surface area contributed by atoms with Gasteiger partial charge in [0.1, 0.15) is 0 Å². The lowest BCUT2D eigenvalue weighted by atomic mass is 10.0. The lowest BCUT2D eigenvalue weighted by Gasteiger charge is -2.11. The van der Waals surface area contributed by atoms with E-state index in [0.717, 1.165) is 5.56 Å². The van der Waals surface area contributed by atoms with Gasteiger partial charge in [0, 0.05) is 6.04 Å². The van der Waals surface area contributed by atoms with Crippen molar-refractivity contribution in [3.05, 3.63) is 36.4 Å². The Morgan fingerprint density at radius 1 is 1.60 bits per heavy atom. The number of phenolic OH excluding ortho intramolecular Hbond substituents is 1. The van der Waals surface area contributed by atoms with Gasteiger partial charge in [-0.1, -0.05) is 12.1 Å². The fourth-order valence-corrected chi connectivity index (χ4v) is 1.24. The first-order chi connectivity index (χ1) is 6.69. The van der Waals surface area contributed by atoms with E-state index >= 15 is 0 Å². The number of hydrogen-bond donors (Lipinski definition) is 2. The van der Waals surface area contributed by atoms with Crippen molar-refractivity contribution in [3.8, 4) is 11.5 Å². The summed E-state index contributed by atoms with van der Waals surface area (Å²) in [4.78, 5) is 0. The summed E-state index contributed by atoms with van der Waals surface area (Å²) in [6.45, 7) is 3.63. The second-order valence-corrected chi connectivity index (χ2v) is 3.06. The topological polar surface area (TPSA) is 55.5 Å². The fourth-order valence-electron chi connectivity index (χ4n) is 1.24. The highest BCUT2D eigenvalue weighted by Gasteiger charge is 2.07. The van der Waals surface area contributed by atoms with E-state index in [-0.39, 0.29) is 24.2 Å². The van der Waals surface area contributed by atoms with Crippen LogP contribution < -0.4 is 10.5 Å². The maximum absolute atomic E-state index is 9.36. The predicted octanol–water partition coefficient (Wildman–Crippen LogP) is 2.40. The molecule has 0 bridgehead atoms. The molecule has 1 aromatic carbocycles. The van der Waals surface area contributed by atoms with Gasteiger partial charge in [-0.05, 0) is 24.1 Å². The standard InChI is InChI=1S/C11H15NO2.ClH/c1-3-4-9(12)8-5-6-10(13)11(7-8)14-2;/h3,5-7,9,13H,1,4,12H2,2H3;1H/t9-;/m0./s1. The highest BCUT2D eigenvalue weighted by Crippen LogP contribution is 2.29. The Morgan fingerprint density at radius 3 is 2.80 bits per heavy atom. The number of methoxy groups -OCH3 is 1. The number of benzene rings is 1. The lowest BCUT2D eigenvalue weighted by Crippen LogP contribution is -2.08. The summed E-state index contributed by atoms with van der Waals surface area (Å²) in [5, 5.41) is 9.36. The van der Waals surface area contributed by atoms with E-state index in [2.05, 4.69) is 6.58 Å². The highest BCUT2D eigenvalue weighted by molar-refractivity contribution is 5.85. The number of phenols is 1. The van der Waals surface area contributed by atoms with Gasteiger partial charge >= 0.3 is 0 Å². The lowest BCUT2D eigenvalue weighted by molar-refractivity contribution is 0.372. The van der Waals surface area contributed by atoms with Crippen molar-refractivity contribution in [3.63, 3.8) is 0 Å². The zero-order chi connectivity index (χ0) is 10.6. The van der Waals surface area contributed by atoms with Gasteiger partial charge in [0.25, 0.3) is 0 Å². The molecule has 0 radical (unpaired) electrons. The SMILES string of the molecule is C=CC[C@H](N)c1ccc(O)c(OC)c1.Cl. The first-order valence-corrected chi connectivity index (χ1v) is 4.42. The minimum atomic E-state index is -0.0954. The maximum Gasteiger partial charge on any atom is 0.160 e. The molecule has 0 aliphatic rings. The highest BCUT2D eigenvalue weighted by atomic mass is 35.5. The molecule has 0 amide bonds. The third-order valence-corrected chi connectivity index (χ3v) is 2.05. The van der Waals surface area contributed by atoms with E-state index in [4.69, 9.17) is 10.5 Å². The van der Waals surface area contributed by atoms with Crippen molar-refractivity contribution in [1.29, 1.82) is 0 Å². The van der Waals surface area contributed by atoms with Crippen LogP contribution in [0.3, 0.4) is 0 Å². The first kappa shape index (κ1) is 13.8. The molecule has 3 N–H and O–H groups in total. The van der Waals surface area contributed by atoms with E-state index in [1.165, 1.54) is 7.11 Å². The summed E-state index contributed by atoms with van der Waals surface area (Å²) >= 11 is 0. The molecular formula is C11H16ClNO2. The molecule has 1 rings (SSSR count). The van der Waals surface area contributed by atoms with E-state index < -0.39 is 0 Å². The van der Waals surface area contributed by atoms with Crippen LogP contribution in [0.25, 0.3) is 0 Å². The molecule has 1 atom stereocenters. The molecule has 3 nitrogen and oxygen atoms in total. The van der Waals surface area contributed by atoms with Gasteiger partial charge in [-0.2, -0.15) is 0 Å². The van der Waals surface area contributed by atoms with Gasteiger partial charge in [0.15, 0.2) is 11.5 Å². The second kappa shape index (κ2) is 6.32. The molecule has 15 heavy (non-hydrogen) atoms. The van der Waals surface area contributed by atoms with E-state index in [1.807, 2.05) is 0 Å². The average Bonchev–Trinajstić information content (AvgIpc) is 2.19. The quantitative estimate of drug-likeness (QED) is 0.780. The van der Waals surface area contributed by atoms with Crippen molar-refractivity contribution in [2.75, 3.05) is 7.11 Å². The molecule has 0 aromatic heterocycles. The Kier molecular flexibility index (Phi) is 5.82. The van der Waals surface area contributed by atoms with Gasteiger partial charge in [-0.3, -0.25) is 0 Å². The van der Waals surface area contributed by atoms with Gasteiger partial charge in [0.2, 0.25) is 0 Å². The molecule has 4 heteroatoms. The summed E-state index contributed by atoms with van der Waals surface area (Å²) in [6.07, 6.45) is 2.47. The number of halogens is 1. The largest absolute Gasteiger partial charge is 0.504 e. The molecule has 0 heterocycles. The van der Waals surface area contributed by atoms with Crippen LogP contribution in [0.4, 0.5) is 0 Å². The number of hydrogen-bond acceptors (Lipinski definition) is 3. The maximum atomic E-state index is 9.36. The van der Waals surface area contributed by atoms with Crippen LogP contribution in [0.1, 0.15) is 18.0 Å². The Bertz CT molecular complexity index is 328. The van der Waals surface area contributed by atoms with Gasteiger partial charge in [-0.15, -0.1) is 19.0 Å². The van der Waals surface area contributed by atoms with Crippen molar-refractivity contribution < 1.29 is 9.84 Å². The van der Waals surface area contributed by atoms with Gasteiger partial charge < -0.3 is 15.6 Å². The second-order valence-electron chi connectivity index (χ2n) is 3.06. The van der Waals surface area contributed by atoms with Crippen LogP contribution in [-0.4, -0.2) is 12.2 Å². The molecule has 0 unspecified atom stereocenters. The molecule has 0 fully saturated rings. The zero-order valence-electron chi connectivity index (χ0n) is 8.64. The Balaban J connectivity index is 0.00000196. The third-order valence-electron chi connectivity index (χ3n) is 2.05. The fraction of sp³-hybridized carbons (Fsp3) is 0.273. The smallest absolute Gasteiger partial charge is 0.160 e. The monoisotopic (exact) mass is 229 g/mol. The summed E-state index contributed by atoms with van der Waals surface area (Å²) in [5.41, 5.74) is 6.80. The average molecular weight is 230 g/mol. The van der Waals surface area contributed by atoms with E-state index in [0.29, 0.717) is 12.2 Å². The van der Waals surface area contributed by atoms with Crippen LogP contribution in [0.2, 0.25) is 0 Å². The number of nitrogens with two attached hydrogens (primary N) is 1. The summed E-state index contributed by atoms with van der Waals surface area (Å²) < 4.78 is 4.98. The minimum absolute atomic E-state index is 0. The molecule has 0 spiro atoms. The van der Waals surface area contributed by atoms with Crippen LogP contribution >= 0.6 is 12.4 Å². The molecular weight excluding hydrogens is 214 g/mol. The van der Waals surface area contributed by atoms with E-state index in [9.17, 15) is 5.11 Å². The normalized spacial score (nSPS) is 11.3. The first-order valence-electron chi connectivity index (χ1n) is 4.42. The molecule has 84 valence electrons. The predicted molar refractivity (Wildman–Crippen MR) is 63.6 cm³/mol. The van der Waals surface area contributed by atoms with Crippen LogP contribution in [0.15, 0.2) is 30.9 Å². The zero-order valence-corrected chi connectivity index (χ0v) is 9.46. The summed E-state index contributed by atoms with van der Waals surface area (Å²) in [6, 6.07) is 5.01. The Morgan fingerprint density at radius 2 is 2.27 bits per heavy atom. The number of aromatic hydroxyl groups is 1. The van der Waals surface area contributed by atoms with Gasteiger partial charge in [-0.25, -0.2) is 0 Å². The minimum Gasteiger partial charge on any atom is -0.504 e. The molecule has 0 saturated heterocycles. The molecule has 0 saturated carbocycles. The summed E-state index contributed by atoms with van der Waals surface area (Å²) in [7, 11) is 1.51. The molecule has 0 aliphatic carbocycles. The van der Waals surface area contributed by atoms with Crippen LogP contribution in [-0.2, 0) is 0 Å². The van der Waals surface area contributed by atoms with Crippen LogP contribution in [0, 0.1) is 0 Å². The third kappa shape index (κ3) is 3.46. The number of ether oxygens (including phenoxy) is 1. The summed E-state index contributed by atoms with van der Waals surface area (Å²) in [5.74, 6) is 0.573. The van der Waals surface area contributed by atoms with Crippen molar-refractivity contribution in [1.82, 2.24) is 0 Å². The van der Waals surface area contributed by atoms with Crippen molar-refractivity contribution in [2.45, 2.75) is 12.5 Å². The Hall–Kier alpha value is -1.19. The van der Waals surface area contributed by atoms with Crippen molar-refractivity contribution >= 4 is 12.4 Å². The molecule has 1 aromatic rings. The molecule has 0 aliphatic heterocycles. The van der Waals surface area contributed by atoms with Crippen molar-refractivity contribution in [2.24, 2.45) is 5.73 Å². The number of rotatable bonds is 4. The van der Waals surface area contributed by atoms with E-state index in [1.54, 1.807) is 24.3 Å².